The van der Waals surface area contributed by atoms with Crippen LogP contribution in [0.1, 0.15) is 12.0 Å². The lowest BCUT2D eigenvalue weighted by molar-refractivity contribution is -0.133. The molecule has 10 nitrogen and oxygen atoms in total. The van der Waals surface area contributed by atoms with Crippen LogP contribution in [0, 0.1) is 0 Å². The van der Waals surface area contributed by atoms with Crippen LogP contribution in [-0.4, -0.2) is 76.9 Å². The van der Waals surface area contributed by atoms with Crippen molar-refractivity contribution in [2.45, 2.75) is 18.9 Å². The molecule has 0 unspecified atom stereocenters. The third-order valence-electron chi connectivity index (χ3n) is 5.66. The molecule has 12 heteroatoms. The average Bonchev–Trinajstić information content (AvgIpc) is 2.84. The number of nitrogens with zero attached hydrogens (tertiary/aromatic N) is 2. The number of amides is 2. The summed E-state index contributed by atoms with van der Waals surface area (Å²) in [4.78, 5) is 29.5. The molecule has 0 aromatic heterocycles. The van der Waals surface area contributed by atoms with E-state index < -0.39 is 22.2 Å². The van der Waals surface area contributed by atoms with Crippen LogP contribution >= 0.6 is 11.6 Å². The van der Waals surface area contributed by atoms with Gasteiger partial charge in [0.05, 0.1) is 24.2 Å². The van der Waals surface area contributed by atoms with Gasteiger partial charge in [-0.15, -0.1) is 0 Å². The molecule has 4 N–H and O–H groups in total. The number of carbonyl (C=O) groups excluding carboxylic acids is 2. The van der Waals surface area contributed by atoms with E-state index in [0.717, 1.165) is 17.5 Å². The number of nitrogens with one attached hydrogen (secondary N) is 2. The number of nitrogens with two attached hydrogens (primary N) is 1. The molecule has 1 heterocycles. The number of sulfonamides is 1. The van der Waals surface area contributed by atoms with Gasteiger partial charge in [0, 0.05) is 37.6 Å². The summed E-state index contributed by atoms with van der Waals surface area (Å²) in [5.74, 6) is -0.220. The lowest BCUT2D eigenvalue weighted by Gasteiger charge is -2.38. The van der Waals surface area contributed by atoms with Crippen molar-refractivity contribution in [3.63, 3.8) is 0 Å². The zero-order valence-corrected chi connectivity index (χ0v) is 21.7. The first-order valence-corrected chi connectivity index (χ1v) is 13.9. The van der Waals surface area contributed by atoms with E-state index in [1.165, 1.54) is 0 Å². The second-order valence-corrected chi connectivity index (χ2v) is 10.7. The van der Waals surface area contributed by atoms with Crippen LogP contribution in [0.2, 0.25) is 5.02 Å². The molecule has 1 aliphatic rings. The number of carbonyl (C=O) groups is 2. The van der Waals surface area contributed by atoms with Gasteiger partial charge in [-0.3, -0.25) is 9.52 Å². The molecule has 3 rings (SSSR count). The monoisotopic (exact) mass is 537 g/mol. The Morgan fingerprint density at radius 3 is 2.39 bits per heavy atom. The average molecular weight is 538 g/mol. The maximum Gasteiger partial charge on any atom is 0.407 e. The molecular weight excluding hydrogens is 506 g/mol. The molecule has 36 heavy (non-hydrogen) atoms. The minimum atomic E-state index is -3.43. The summed E-state index contributed by atoms with van der Waals surface area (Å²) in [6, 6.07) is 13.4. The Kier molecular flexibility index (Phi) is 9.80. The van der Waals surface area contributed by atoms with E-state index in [1.807, 2.05) is 29.2 Å². The van der Waals surface area contributed by atoms with Crippen LogP contribution in [0.5, 0.6) is 0 Å². The minimum absolute atomic E-state index is 0.170. The molecule has 1 saturated heterocycles. The van der Waals surface area contributed by atoms with E-state index in [9.17, 15) is 18.0 Å². The number of ether oxygens (including phenoxy) is 1. The summed E-state index contributed by atoms with van der Waals surface area (Å²) >= 11 is 5.98. The Bertz CT molecular complexity index is 1140. The second kappa shape index (κ2) is 12.8. The number of para-hydroxylation sites is 2. The zero-order chi connectivity index (χ0) is 26.1. The van der Waals surface area contributed by atoms with Gasteiger partial charge < -0.3 is 25.6 Å². The molecule has 0 aliphatic carbocycles. The SMILES string of the molecule is CS(=O)(=O)Nc1ccccc1N1CCN(C(=O)[C@@H](Cc2ccc(Cl)cc2)NC(=O)OCCCN)CC1. The fourth-order valence-corrected chi connectivity index (χ4v) is 4.61. The number of rotatable bonds is 10. The fraction of sp³-hybridized carbons (Fsp3) is 0.417. The lowest BCUT2D eigenvalue weighted by Crippen LogP contribution is -2.55. The molecule has 2 aromatic rings. The molecule has 0 saturated carbocycles. The van der Waals surface area contributed by atoms with E-state index in [0.29, 0.717) is 49.9 Å². The standard InChI is InChI=1S/C24H32ClN5O5S/c1-36(33,34)28-20-5-2-3-6-22(20)29-12-14-30(15-13-29)23(31)21(27-24(32)35-16-4-11-26)17-18-7-9-19(25)10-8-18/h2-3,5-10,21,28H,4,11-17,26H2,1H3,(H,27,32)/t21-/m1/s1. The predicted molar refractivity (Wildman–Crippen MR) is 141 cm³/mol. The van der Waals surface area contributed by atoms with Crippen LogP contribution in [0.15, 0.2) is 48.5 Å². The third-order valence-corrected chi connectivity index (χ3v) is 6.50. The first-order valence-electron chi connectivity index (χ1n) is 11.6. The first-order chi connectivity index (χ1) is 17.2. The van der Waals surface area contributed by atoms with Gasteiger partial charge in [0.2, 0.25) is 15.9 Å². The highest BCUT2D eigenvalue weighted by atomic mass is 35.5. The van der Waals surface area contributed by atoms with Crippen molar-refractivity contribution in [3.05, 3.63) is 59.1 Å². The molecule has 0 spiro atoms. The van der Waals surface area contributed by atoms with Gasteiger partial charge >= 0.3 is 6.09 Å². The Hall–Kier alpha value is -3.02. The number of anilines is 2. The van der Waals surface area contributed by atoms with Crippen molar-refractivity contribution in [1.29, 1.82) is 0 Å². The van der Waals surface area contributed by atoms with Crippen LogP contribution in [0.4, 0.5) is 16.2 Å². The van der Waals surface area contributed by atoms with E-state index in [4.69, 9.17) is 22.1 Å². The summed E-state index contributed by atoms with van der Waals surface area (Å²) in [7, 11) is -3.43. The first kappa shape index (κ1) is 27.6. The maximum atomic E-state index is 13.4. The molecule has 0 bridgehead atoms. The van der Waals surface area contributed by atoms with E-state index >= 15 is 0 Å². The van der Waals surface area contributed by atoms with Crippen LogP contribution in [0.3, 0.4) is 0 Å². The normalized spacial score (nSPS) is 14.8. The molecular formula is C24H32ClN5O5S. The number of benzene rings is 2. The minimum Gasteiger partial charge on any atom is -0.449 e. The van der Waals surface area contributed by atoms with Gasteiger partial charge in [0.15, 0.2) is 0 Å². The van der Waals surface area contributed by atoms with E-state index in [-0.39, 0.29) is 18.9 Å². The lowest BCUT2D eigenvalue weighted by atomic mass is 10.0. The highest BCUT2D eigenvalue weighted by molar-refractivity contribution is 7.92. The van der Waals surface area contributed by atoms with E-state index in [1.54, 1.807) is 29.2 Å². The van der Waals surface area contributed by atoms with Crippen molar-refractivity contribution in [1.82, 2.24) is 10.2 Å². The summed E-state index contributed by atoms with van der Waals surface area (Å²) in [6.07, 6.45) is 1.24. The largest absolute Gasteiger partial charge is 0.449 e. The molecule has 1 aliphatic heterocycles. The van der Waals surface area contributed by atoms with Gasteiger partial charge in [-0.2, -0.15) is 0 Å². The van der Waals surface area contributed by atoms with Gasteiger partial charge in [-0.25, -0.2) is 13.2 Å². The Balaban J connectivity index is 1.68. The highest BCUT2D eigenvalue weighted by Crippen LogP contribution is 2.27. The smallest absolute Gasteiger partial charge is 0.407 e. The van der Waals surface area contributed by atoms with Crippen molar-refractivity contribution in [3.8, 4) is 0 Å². The molecule has 2 amide bonds. The van der Waals surface area contributed by atoms with Crippen LogP contribution in [-0.2, 0) is 26.0 Å². The van der Waals surface area contributed by atoms with Crippen molar-refractivity contribution in [2.24, 2.45) is 5.73 Å². The van der Waals surface area contributed by atoms with Crippen molar-refractivity contribution in [2.75, 3.05) is 55.2 Å². The van der Waals surface area contributed by atoms with Crippen LogP contribution in [0.25, 0.3) is 0 Å². The van der Waals surface area contributed by atoms with Gasteiger partial charge in [-0.1, -0.05) is 35.9 Å². The second-order valence-electron chi connectivity index (χ2n) is 8.51. The molecule has 0 radical (unpaired) electrons. The van der Waals surface area contributed by atoms with Gasteiger partial charge in [-0.05, 0) is 42.8 Å². The summed E-state index contributed by atoms with van der Waals surface area (Å²) in [6.45, 7) is 2.39. The fourth-order valence-electron chi connectivity index (χ4n) is 3.91. The number of hydrogen-bond donors (Lipinski definition) is 3. The van der Waals surface area contributed by atoms with Crippen LogP contribution < -0.4 is 20.7 Å². The topological polar surface area (TPSA) is 134 Å². The Morgan fingerprint density at radius 1 is 1.08 bits per heavy atom. The van der Waals surface area contributed by atoms with E-state index in [2.05, 4.69) is 10.0 Å². The predicted octanol–water partition coefficient (Wildman–Crippen LogP) is 2.05. The summed E-state index contributed by atoms with van der Waals surface area (Å²) in [5, 5.41) is 3.28. The van der Waals surface area contributed by atoms with Gasteiger partial charge in [0.1, 0.15) is 6.04 Å². The molecule has 196 valence electrons. The molecule has 2 aromatic carbocycles. The zero-order valence-electron chi connectivity index (χ0n) is 20.2. The van der Waals surface area contributed by atoms with Gasteiger partial charge in [0.25, 0.3) is 0 Å². The summed E-state index contributed by atoms with van der Waals surface area (Å²) in [5.41, 5.74) is 7.53. The summed E-state index contributed by atoms with van der Waals surface area (Å²) < 4.78 is 31.2. The van der Waals surface area contributed by atoms with Crippen molar-refractivity contribution < 1.29 is 22.7 Å². The molecule has 1 fully saturated rings. The number of hydrogen-bond acceptors (Lipinski definition) is 7. The number of piperazine rings is 1. The highest BCUT2D eigenvalue weighted by Gasteiger charge is 2.30. The third kappa shape index (κ3) is 8.28. The maximum absolute atomic E-state index is 13.4. The Labute approximate surface area is 216 Å². The number of alkyl carbamates (subject to hydrolysis) is 1. The molecule has 1 atom stereocenters. The van der Waals surface area contributed by atoms with Crippen molar-refractivity contribution >= 4 is 45.0 Å². The Morgan fingerprint density at radius 2 is 1.75 bits per heavy atom. The quantitative estimate of drug-likeness (QED) is 0.395. The number of halogens is 1.